The van der Waals surface area contributed by atoms with Gasteiger partial charge in [-0.2, -0.15) is 0 Å². The Morgan fingerprint density at radius 2 is 2.00 bits per heavy atom. The normalized spacial score (nSPS) is 16.0. The summed E-state index contributed by atoms with van der Waals surface area (Å²) in [5, 5.41) is 3.86. The predicted molar refractivity (Wildman–Crippen MR) is 118 cm³/mol. The largest absolute Gasteiger partial charge is 0.347 e. The Morgan fingerprint density at radius 3 is 2.87 bits per heavy atom. The highest BCUT2D eigenvalue weighted by Gasteiger charge is 2.30. The van der Waals surface area contributed by atoms with Gasteiger partial charge < -0.3 is 14.6 Å². The molecule has 0 spiro atoms. The smallest absolute Gasteiger partial charge is 0.263 e. The van der Waals surface area contributed by atoms with E-state index in [-0.39, 0.29) is 17.7 Å². The first-order valence-corrected chi connectivity index (χ1v) is 11.0. The number of imidazole rings is 1. The van der Waals surface area contributed by atoms with Crippen molar-refractivity contribution in [2.75, 3.05) is 13.1 Å². The van der Waals surface area contributed by atoms with Crippen LogP contribution in [0.3, 0.4) is 0 Å². The van der Waals surface area contributed by atoms with E-state index in [4.69, 9.17) is 0 Å². The number of rotatable bonds is 5. The molecule has 7 nitrogen and oxygen atoms in total. The summed E-state index contributed by atoms with van der Waals surface area (Å²) in [7, 11) is 0. The van der Waals surface area contributed by atoms with Crippen molar-refractivity contribution >= 4 is 28.8 Å². The highest BCUT2D eigenvalue weighted by atomic mass is 32.1. The lowest BCUT2D eigenvalue weighted by Crippen LogP contribution is -2.28. The van der Waals surface area contributed by atoms with E-state index in [9.17, 15) is 9.59 Å². The van der Waals surface area contributed by atoms with Gasteiger partial charge in [-0.15, -0.1) is 11.3 Å². The summed E-state index contributed by atoms with van der Waals surface area (Å²) in [6.45, 7) is 1.76. The molecule has 4 heterocycles. The van der Waals surface area contributed by atoms with Crippen LogP contribution in [0.1, 0.15) is 42.9 Å². The molecule has 1 N–H and O–H groups in total. The van der Waals surface area contributed by atoms with Gasteiger partial charge in [-0.1, -0.05) is 18.2 Å². The van der Waals surface area contributed by atoms with Gasteiger partial charge in [0.25, 0.3) is 11.8 Å². The molecule has 1 atom stereocenters. The molecule has 0 bridgehead atoms. The molecule has 1 aromatic carbocycles. The first-order chi connectivity index (χ1) is 15.2. The summed E-state index contributed by atoms with van der Waals surface area (Å²) in [4.78, 5) is 36.5. The average Bonchev–Trinajstić information content (AvgIpc) is 3.57. The van der Waals surface area contributed by atoms with Gasteiger partial charge in [-0.05, 0) is 36.2 Å². The molecule has 5 rings (SSSR count). The van der Waals surface area contributed by atoms with E-state index in [1.807, 2.05) is 64.2 Å². The minimum Gasteiger partial charge on any atom is -0.347 e. The number of aromatic nitrogens is 3. The molecule has 0 aliphatic carbocycles. The summed E-state index contributed by atoms with van der Waals surface area (Å²) in [5.74, 6) is 0.0799. The molecule has 0 radical (unpaired) electrons. The van der Waals surface area contributed by atoms with Crippen LogP contribution in [0.4, 0.5) is 0 Å². The molecular formula is C23H21N5O2S. The summed E-state index contributed by atoms with van der Waals surface area (Å²) in [5.41, 5.74) is 2.54. The Labute approximate surface area is 183 Å². The zero-order chi connectivity index (χ0) is 21.2. The van der Waals surface area contributed by atoms with Gasteiger partial charge in [0.1, 0.15) is 10.5 Å². The Kier molecular flexibility index (Phi) is 5.21. The van der Waals surface area contributed by atoms with Gasteiger partial charge in [0.05, 0.1) is 11.2 Å². The average molecular weight is 432 g/mol. The van der Waals surface area contributed by atoms with Crippen LogP contribution in [0.15, 0.2) is 67.3 Å². The minimum atomic E-state index is -0.137. The molecular weight excluding hydrogens is 410 g/mol. The molecule has 31 heavy (non-hydrogen) atoms. The molecule has 0 saturated carbocycles. The number of hydrogen-bond donors (Lipinski definition) is 1. The number of nitrogens with zero attached hydrogens (tertiary/aromatic N) is 4. The van der Waals surface area contributed by atoms with E-state index >= 15 is 0 Å². The SMILES string of the molecule is O=C(NCc1ccn2ccnc2c1)c1cnc(C2CCN(C(=O)c3ccccc3)C2)s1. The Bertz CT molecular complexity index is 1230. The molecule has 1 unspecified atom stereocenters. The summed E-state index contributed by atoms with van der Waals surface area (Å²) >= 11 is 1.41. The van der Waals surface area contributed by atoms with Gasteiger partial charge >= 0.3 is 0 Å². The van der Waals surface area contributed by atoms with Crippen LogP contribution in [0.2, 0.25) is 0 Å². The summed E-state index contributed by atoms with van der Waals surface area (Å²) < 4.78 is 1.92. The van der Waals surface area contributed by atoms with Crippen LogP contribution in [-0.2, 0) is 6.54 Å². The van der Waals surface area contributed by atoms with Crippen molar-refractivity contribution < 1.29 is 9.59 Å². The van der Waals surface area contributed by atoms with Gasteiger partial charge in [0, 0.05) is 49.7 Å². The van der Waals surface area contributed by atoms with Crippen molar-refractivity contribution in [2.24, 2.45) is 0 Å². The molecule has 1 aliphatic rings. The lowest BCUT2D eigenvalue weighted by atomic mass is 10.1. The number of pyridine rings is 1. The van der Waals surface area contributed by atoms with Gasteiger partial charge in [-0.3, -0.25) is 9.59 Å². The fourth-order valence-electron chi connectivity index (χ4n) is 3.82. The maximum atomic E-state index is 12.7. The monoisotopic (exact) mass is 431 g/mol. The summed E-state index contributed by atoms with van der Waals surface area (Å²) in [6.07, 6.45) is 8.05. The number of hydrogen-bond acceptors (Lipinski definition) is 5. The second-order valence-electron chi connectivity index (χ2n) is 7.58. The van der Waals surface area contributed by atoms with Gasteiger partial charge in [0.2, 0.25) is 0 Å². The third kappa shape index (κ3) is 4.06. The Balaban J connectivity index is 1.19. The third-order valence-electron chi connectivity index (χ3n) is 5.51. The lowest BCUT2D eigenvalue weighted by Gasteiger charge is -2.16. The molecule has 4 aromatic rings. The number of amides is 2. The number of fused-ring (bicyclic) bond motifs is 1. The number of likely N-dealkylation sites (tertiary alicyclic amines) is 1. The summed E-state index contributed by atoms with van der Waals surface area (Å²) in [6, 6.07) is 13.2. The minimum absolute atomic E-state index is 0.0482. The zero-order valence-electron chi connectivity index (χ0n) is 16.8. The van der Waals surface area contributed by atoms with Crippen molar-refractivity contribution in [1.82, 2.24) is 24.6 Å². The van der Waals surface area contributed by atoms with E-state index < -0.39 is 0 Å². The van der Waals surface area contributed by atoms with Crippen LogP contribution in [0.25, 0.3) is 5.65 Å². The van der Waals surface area contributed by atoms with Crippen LogP contribution in [-0.4, -0.2) is 44.2 Å². The van der Waals surface area contributed by atoms with E-state index in [0.29, 0.717) is 30.1 Å². The first-order valence-electron chi connectivity index (χ1n) is 10.2. The number of nitrogens with one attached hydrogen (secondary N) is 1. The standard InChI is InChI=1S/C23H21N5O2S/c29-21(25-13-16-6-9-27-11-8-24-20(27)12-16)19-14-26-22(31-19)18-7-10-28(15-18)23(30)17-4-2-1-3-5-17/h1-6,8-9,11-12,14,18H,7,10,13,15H2,(H,25,29). The van der Waals surface area contributed by atoms with E-state index in [1.165, 1.54) is 11.3 Å². The molecule has 1 saturated heterocycles. The lowest BCUT2D eigenvalue weighted by molar-refractivity contribution is 0.0790. The van der Waals surface area contributed by atoms with Crippen molar-refractivity contribution in [3.8, 4) is 0 Å². The molecule has 156 valence electrons. The second-order valence-corrected chi connectivity index (χ2v) is 8.64. The van der Waals surface area contributed by atoms with Crippen molar-refractivity contribution in [3.63, 3.8) is 0 Å². The second kappa shape index (κ2) is 8.31. The van der Waals surface area contributed by atoms with Crippen LogP contribution in [0.5, 0.6) is 0 Å². The highest BCUT2D eigenvalue weighted by Crippen LogP contribution is 2.31. The van der Waals surface area contributed by atoms with E-state index in [0.717, 1.165) is 22.6 Å². The maximum Gasteiger partial charge on any atom is 0.263 e. The Morgan fingerprint density at radius 1 is 1.13 bits per heavy atom. The van der Waals surface area contributed by atoms with Crippen LogP contribution < -0.4 is 5.32 Å². The van der Waals surface area contributed by atoms with E-state index in [1.54, 1.807) is 12.4 Å². The third-order valence-corrected chi connectivity index (χ3v) is 6.67. The molecule has 2 amide bonds. The quantitative estimate of drug-likeness (QED) is 0.526. The predicted octanol–water partition coefficient (Wildman–Crippen LogP) is 3.35. The molecule has 3 aromatic heterocycles. The van der Waals surface area contributed by atoms with Crippen LogP contribution >= 0.6 is 11.3 Å². The Hall–Kier alpha value is -3.52. The molecule has 8 heteroatoms. The number of benzene rings is 1. The number of carbonyl (C=O) groups is 2. The molecule has 1 aliphatic heterocycles. The van der Waals surface area contributed by atoms with Crippen molar-refractivity contribution in [1.29, 1.82) is 0 Å². The topological polar surface area (TPSA) is 79.6 Å². The van der Waals surface area contributed by atoms with Gasteiger partial charge in [-0.25, -0.2) is 9.97 Å². The van der Waals surface area contributed by atoms with Gasteiger partial charge in [0.15, 0.2) is 0 Å². The first kappa shape index (κ1) is 19.4. The fraction of sp³-hybridized carbons (Fsp3) is 0.217. The number of carbonyl (C=O) groups excluding carboxylic acids is 2. The van der Waals surface area contributed by atoms with Crippen LogP contribution in [0, 0.1) is 0 Å². The zero-order valence-corrected chi connectivity index (χ0v) is 17.6. The highest BCUT2D eigenvalue weighted by molar-refractivity contribution is 7.13. The van der Waals surface area contributed by atoms with E-state index in [2.05, 4.69) is 15.3 Å². The maximum absolute atomic E-state index is 12.7. The van der Waals surface area contributed by atoms with Crippen molar-refractivity contribution in [2.45, 2.75) is 18.9 Å². The fourth-order valence-corrected chi connectivity index (χ4v) is 4.78. The van der Waals surface area contributed by atoms with Crippen molar-refractivity contribution in [3.05, 3.63) is 88.3 Å². The molecule has 1 fully saturated rings. The number of thiazole rings is 1.